The lowest BCUT2D eigenvalue weighted by atomic mass is 10.1. The molecule has 0 aliphatic carbocycles. The van der Waals surface area contributed by atoms with E-state index in [4.69, 9.17) is 9.47 Å². The zero-order valence-corrected chi connectivity index (χ0v) is 17.2. The summed E-state index contributed by atoms with van der Waals surface area (Å²) in [4.78, 5) is 25.5. The van der Waals surface area contributed by atoms with Crippen molar-refractivity contribution in [3.63, 3.8) is 0 Å². The van der Waals surface area contributed by atoms with Gasteiger partial charge in [-0.1, -0.05) is 6.07 Å². The van der Waals surface area contributed by atoms with Gasteiger partial charge < -0.3 is 19.2 Å². The molecule has 31 heavy (non-hydrogen) atoms. The molecule has 1 N–H and O–H groups in total. The number of carbonyl (C=O) groups is 1. The number of nitrogens with one attached hydrogen (secondary N) is 1. The summed E-state index contributed by atoms with van der Waals surface area (Å²) in [5, 5.41) is 2.82. The quantitative estimate of drug-likeness (QED) is 0.496. The number of hydrogen-bond acceptors (Lipinski definition) is 4. The molecule has 0 aliphatic rings. The van der Waals surface area contributed by atoms with Gasteiger partial charge in [0.2, 0.25) is 5.91 Å². The fraction of sp³-hybridized carbons (Fsp3) is 0.217. The Bertz CT molecular complexity index is 1330. The number of aromatic nitrogens is 2. The lowest BCUT2D eigenvalue weighted by molar-refractivity contribution is -0.121. The third-order valence-corrected chi connectivity index (χ3v) is 5.21. The number of rotatable bonds is 7. The van der Waals surface area contributed by atoms with E-state index in [0.717, 1.165) is 5.56 Å². The lowest BCUT2D eigenvalue weighted by Crippen LogP contribution is -2.34. The molecule has 2 heterocycles. The van der Waals surface area contributed by atoms with Crippen LogP contribution in [0.2, 0.25) is 0 Å². The summed E-state index contributed by atoms with van der Waals surface area (Å²) < 4.78 is 27.4. The van der Waals surface area contributed by atoms with Crippen LogP contribution in [0.4, 0.5) is 4.39 Å². The minimum absolute atomic E-state index is 0.208. The van der Waals surface area contributed by atoms with Crippen molar-refractivity contribution in [2.24, 2.45) is 0 Å². The van der Waals surface area contributed by atoms with Crippen LogP contribution >= 0.6 is 0 Å². The molecule has 0 fully saturated rings. The average molecular weight is 423 g/mol. The number of methoxy groups -OCH3 is 2. The second-order valence-corrected chi connectivity index (χ2v) is 7.07. The highest BCUT2D eigenvalue weighted by atomic mass is 19.1. The molecule has 2 aromatic heterocycles. The molecule has 0 spiro atoms. The van der Waals surface area contributed by atoms with Gasteiger partial charge in [0.25, 0.3) is 5.56 Å². The van der Waals surface area contributed by atoms with Gasteiger partial charge in [-0.2, -0.15) is 0 Å². The third-order valence-electron chi connectivity index (χ3n) is 5.21. The van der Waals surface area contributed by atoms with Crippen molar-refractivity contribution in [3.8, 4) is 11.5 Å². The topological polar surface area (TPSA) is 74.0 Å². The summed E-state index contributed by atoms with van der Waals surface area (Å²) in [6.45, 7) is 0.149. The van der Waals surface area contributed by atoms with E-state index < -0.39 is 5.82 Å². The van der Waals surface area contributed by atoms with Gasteiger partial charge in [0.05, 0.1) is 25.3 Å². The first-order valence-electron chi connectivity index (χ1n) is 9.78. The Morgan fingerprint density at radius 2 is 1.87 bits per heavy atom. The van der Waals surface area contributed by atoms with Crippen molar-refractivity contribution in [1.82, 2.24) is 14.3 Å². The Kier molecular flexibility index (Phi) is 5.62. The van der Waals surface area contributed by atoms with Crippen LogP contribution in [-0.2, 0) is 17.8 Å². The Labute approximate surface area is 177 Å². The number of carbonyl (C=O) groups excluding carboxylic acids is 1. The molecule has 0 aliphatic heterocycles. The van der Waals surface area contributed by atoms with E-state index >= 15 is 0 Å². The highest BCUT2D eigenvalue weighted by molar-refractivity contribution is 5.82. The van der Waals surface area contributed by atoms with Crippen LogP contribution in [-0.4, -0.2) is 35.6 Å². The average Bonchev–Trinajstić information content (AvgIpc) is 3.27. The lowest BCUT2D eigenvalue weighted by Gasteiger charge is -2.14. The first-order valence-corrected chi connectivity index (χ1v) is 9.78. The smallest absolute Gasteiger partial charge is 0.275 e. The van der Waals surface area contributed by atoms with Crippen molar-refractivity contribution in [3.05, 3.63) is 76.5 Å². The summed E-state index contributed by atoms with van der Waals surface area (Å²) >= 11 is 0. The standard InChI is InChI=1S/C23H22FN3O4/c1-30-17-7-5-15(21(13-17)31-2)9-10-25-22(28)14-27-20-12-16(24)6-8-18(20)26-11-3-4-19(26)23(27)29/h3-8,11-13H,9-10,14H2,1-2H3,(H,25,28). The van der Waals surface area contributed by atoms with Crippen LogP contribution in [0.3, 0.4) is 0 Å². The maximum atomic E-state index is 13.9. The van der Waals surface area contributed by atoms with Crippen molar-refractivity contribution >= 4 is 22.5 Å². The van der Waals surface area contributed by atoms with E-state index in [-0.39, 0.29) is 18.0 Å². The van der Waals surface area contributed by atoms with Crippen molar-refractivity contribution < 1.29 is 18.7 Å². The molecule has 0 saturated carbocycles. The van der Waals surface area contributed by atoms with Gasteiger partial charge >= 0.3 is 0 Å². The largest absolute Gasteiger partial charge is 0.497 e. The molecule has 4 rings (SSSR count). The van der Waals surface area contributed by atoms with Crippen LogP contribution in [0, 0.1) is 5.82 Å². The summed E-state index contributed by atoms with van der Waals surface area (Å²) in [5.41, 5.74) is 2.00. The third kappa shape index (κ3) is 3.96. The van der Waals surface area contributed by atoms with Crippen LogP contribution in [0.15, 0.2) is 59.5 Å². The van der Waals surface area contributed by atoms with E-state index in [2.05, 4.69) is 5.32 Å². The van der Waals surface area contributed by atoms with Gasteiger partial charge in [0.1, 0.15) is 29.4 Å². The van der Waals surface area contributed by atoms with E-state index in [0.29, 0.717) is 41.0 Å². The van der Waals surface area contributed by atoms with Crippen LogP contribution in [0.25, 0.3) is 16.6 Å². The second-order valence-electron chi connectivity index (χ2n) is 7.07. The minimum Gasteiger partial charge on any atom is -0.497 e. The molecule has 0 saturated heterocycles. The normalized spacial score (nSPS) is 11.1. The summed E-state index contributed by atoms with van der Waals surface area (Å²) in [6, 6.07) is 13.1. The van der Waals surface area contributed by atoms with E-state index in [1.807, 2.05) is 12.1 Å². The summed E-state index contributed by atoms with van der Waals surface area (Å²) in [7, 11) is 3.16. The minimum atomic E-state index is -0.473. The van der Waals surface area contributed by atoms with Crippen molar-refractivity contribution in [2.45, 2.75) is 13.0 Å². The highest BCUT2D eigenvalue weighted by Gasteiger charge is 2.14. The van der Waals surface area contributed by atoms with Crippen molar-refractivity contribution in [1.29, 1.82) is 0 Å². The Morgan fingerprint density at radius 3 is 2.65 bits per heavy atom. The molecule has 1 amide bonds. The van der Waals surface area contributed by atoms with Gasteiger partial charge in [0.15, 0.2) is 0 Å². The fourth-order valence-electron chi connectivity index (χ4n) is 3.68. The fourth-order valence-corrected chi connectivity index (χ4v) is 3.68. The first-order chi connectivity index (χ1) is 15.0. The van der Waals surface area contributed by atoms with Gasteiger partial charge in [-0.05, 0) is 48.4 Å². The molecule has 0 bridgehead atoms. The molecule has 0 atom stereocenters. The maximum Gasteiger partial charge on any atom is 0.275 e. The Balaban J connectivity index is 1.53. The second kappa shape index (κ2) is 8.51. The van der Waals surface area contributed by atoms with Crippen molar-refractivity contribution in [2.75, 3.05) is 20.8 Å². The Hall–Kier alpha value is -3.81. The highest BCUT2D eigenvalue weighted by Crippen LogP contribution is 2.24. The molecule has 8 heteroatoms. The molecule has 0 radical (unpaired) electrons. The number of ether oxygens (including phenoxy) is 2. The van der Waals surface area contributed by atoms with Gasteiger partial charge in [-0.3, -0.25) is 14.2 Å². The zero-order chi connectivity index (χ0) is 22.0. The van der Waals surface area contributed by atoms with Crippen LogP contribution in [0.1, 0.15) is 5.56 Å². The summed E-state index contributed by atoms with van der Waals surface area (Å²) in [5.74, 6) is 0.545. The first kappa shape index (κ1) is 20.5. The number of benzene rings is 2. The SMILES string of the molecule is COc1ccc(CCNC(=O)Cn2c(=O)c3cccn3c3ccc(F)cc32)c(OC)c1. The molecular formula is C23H22FN3O4. The number of hydrogen-bond donors (Lipinski definition) is 1. The van der Waals surface area contributed by atoms with Crippen LogP contribution < -0.4 is 20.3 Å². The molecule has 0 unspecified atom stereocenters. The van der Waals surface area contributed by atoms with E-state index in [1.165, 1.54) is 16.7 Å². The number of fused-ring (bicyclic) bond motifs is 3. The number of halogens is 1. The molecule has 7 nitrogen and oxygen atoms in total. The van der Waals surface area contributed by atoms with Gasteiger partial charge in [0, 0.05) is 18.8 Å². The van der Waals surface area contributed by atoms with Crippen LogP contribution in [0.5, 0.6) is 11.5 Å². The predicted molar refractivity (Wildman–Crippen MR) is 115 cm³/mol. The Morgan fingerprint density at radius 1 is 1.03 bits per heavy atom. The van der Waals surface area contributed by atoms with E-state index in [1.54, 1.807) is 49.1 Å². The number of amides is 1. The van der Waals surface area contributed by atoms with Gasteiger partial charge in [-0.15, -0.1) is 0 Å². The predicted octanol–water partition coefficient (Wildman–Crippen LogP) is 2.77. The number of nitrogens with zero attached hydrogens (tertiary/aromatic N) is 2. The molecular weight excluding hydrogens is 401 g/mol. The summed E-state index contributed by atoms with van der Waals surface area (Å²) in [6.07, 6.45) is 2.28. The maximum absolute atomic E-state index is 13.9. The molecule has 2 aromatic carbocycles. The molecule has 160 valence electrons. The van der Waals surface area contributed by atoms with Gasteiger partial charge in [-0.25, -0.2) is 4.39 Å². The van der Waals surface area contributed by atoms with E-state index in [9.17, 15) is 14.0 Å². The zero-order valence-electron chi connectivity index (χ0n) is 17.2. The molecule has 4 aromatic rings. The monoisotopic (exact) mass is 423 g/mol.